The minimum atomic E-state index is -0.865. The molecule has 0 aromatic heterocycles. The molecule has 0 saturated heterocycles. The zero-order valence-electron chi connectivity index (χ0n) is 32.0. The van der Waals surface area contributed by atoms with Crippen LogP contribution in [0.4, 0.5) is 0 Å². The highest BCUT2D eigenvalue weighted by Crippen LogP contribution is 2.14. The molecule has 0 aliphatic heterocycles. The van der Waals surface area contributed by atoms with E-state index in [0.717, 1.165) is 44.9 Å². The molecule has 0 spiro atoms. The van der Waals surface area contributed by atoms with Crippen LogP contribution in [0.5, 0.6) is 0 Å². The maximum absolute atomic E-state index is 12.4. The van der Waals surface area contributed by atoms with Gasteiger partial charge in [-0.05, 0) is 64.2 Å². The number of amides is 1. The smallest absolute Gasteiger partial charge is 0.220 e. The molecule has 3 N–H and O–H groups in total. The van der Waals surface area contributed by atoms with Crippen LogP contribution in [-0.2, 0) is 4.79 Å². The summed E-state index contributed by atoms with van der Waals surface area (Å²) in [5.41, 5.74) is 0. The summed E-state index contributed by atoms with van der Waals surface area (Å²) < 4.78 is 0. The quantitative estimate of drug-likeness (QED) is 0.0455. The molecule has 0 heterocycles. The second-order valence-electron chi connectivity index (χ2n) is 14.0. The Kier molecular flexibility index (Phi) is 38.4. The summed E-state index contributed by atoms with van der Waals surface area (Å²) in [4.78, 5) is 12.4. The maximum Gasteiger partial charge on any atom is 0.220 e. The zero-order valence-corrected chi connectivity index (χ0v) is 32.0. The summed E-state index contributed by atoms with van der Waals surface area (Å²) >= 11 is 0. The Morgan fingerprint density at radius 2 is 0.875 bits per heavy atom. The third kappa shape index (κ3) is 35.7. The van der Waals surface area contributed by atoms with Crippen LogP contribution in [0, 0.1) is 0 Å². The first-order chi connectivity index (χ1) is 23.7. The van der Waals surface area contributed by atoms with Gasteiger partial charge >= 0.3 is 0 Å². The van der Waals surface area contributed by atoms with E-state index in [1.165, 1.54) is 141 Å². The predicted octanol–water partition coefficient (Wildman–Crippen LogP) is 12.8. The molecule has 0 fully saturated rings. The van der Waals surface area contributed by atoms with Crippen LogP contribution in [0.15, 0.2) is 48.6 Å². The first kappa shape index (κ1) is 46.4. The van der Waals surface area contributed by atoms with Gasteiger partial charge in [0.2, 0.25) is 5.91 Å². The average Bonchev–Trinajstić information content (AvgIpc) is 3.09. The standard InChI is InChI=1S/C44H81NO3/c1-3-5-7-9-11-13-15-17-19-21-22-24-25-27-29-31-33-35-37-39-43(47)42(41-46)45-44(48)40-38-36-34-32-30-28-26-23-20-18-16-14-12-10-8-6-4-2/h12,14,18,20,29,31,37,39,42-43,46-47H,3-11,13,15-17,19,21-28,30,32-36,38,40-41H2,1-2H3,(H,45,48)/b14-12-,20-18-,31-29+,39-37+. The molecule has 1 amide bonds. The minimum absolute atomic E-state index is 0.0832. The lowest BCUT2D eigenvalue weighted by molar-refractivity contribution is -0.123. The lowest BCUT2D eigenvalue weighted by Gasteiger charge is -2.19. The van der Waals surface area contributed by atoms with Gasteiger partial charge in [-0.2, -0.15) is 0 Å². The molecule has 4 nitrogen and oxygen atoms in total. The monoisotopic (exact) mass is 672 g/mol. The molecule has 280 valence electrons. The van der Waals surface area contributed by atoms with Crippen LogP contribution in [0.1, 0.15) is 206 Å². The van der Waals surface area contributed by atoms with Crippen LogP contribution in [0.2, 0.25) is 0 Å². The van der Waals surface area contributed by atoms with Crippen molar-refractivity contribution in [3.8, 4) is 0 Å². The predicted molar refractivity (Wildman–Crippen MR) is 211 cm³/mol. The van der Waals surface area contributed by atoms with Crippen molar-refractivity contribution in [1.29, 1.82) is 0 Å². The Balaban J connectivity index is 3.65. The van der Waals surface area contributed by atoms with Gasteiger partial charge in [-0.15, -0.1) is 0 Å². The molecule has 0 aliphatic rings. The van der Waals surface area contributed by atoms with E-state index in [0.29, 0.717) is 6.42 Å². The summed E-state index contributed by atoms with van der Waals surface area (Å²) in [6, 6.07) is -0.643. The first-order valence-electron chi connectivity index (χ1n) is 20.9. The van der Waals surface area contributed by atoms with E-state index in [-0.39, 0.29) is 12.5 Å². The SMILES string of the molecule is CCCCC/C=C\C/C=C\CCCCCCCCCC(=O)NC(CO)C(O)/C=C/CC/C=C/CCCCCCCCCCCCCCC. The van der Waals surface area contributed by atoms with Gasteiger partial charge in [0.15, 0.2) is 0 Å². The number of aliphatic hydroxyl groups excluding tert-OH is 2. The fourth-order valence-electron chi connectivity index (χ4n) is 6.05. The molecular formula is C44H81NO3. The van der Waals surface area contributed by atoms with Gasteiger partial charge in [-0.3, -0.25) is 4.79 Å². The highest BCUT2D eigenvalue weighted by molar-refractivity contribution is 5.76. The Hall–Kier alpha value is -1.65. The molecule has 0 radical (unpaired) electrons. The normalized spacial score (nSPS) is 13.5. The maximum atomic E-state index is 12.4. The molecule has 4 heteroatoms. The summed E-state index contributed by atoms with van der Waals surface area (Å²) in [5.74, 6) is -0.0832. The molecule has 0 saturated carbocycles. The second-order valence-corrected chi connectivity index (χ2v) is 14.0. The molecule has 0 bridgehead atoms. The number of carbonyl (C=O) groups excluding carboxylic acids is 1. The van der Waals surface area contributed by atoms with E-state index in [4.69, 9.17) is 0 Å². The third-order valence-electron chi connectivity index (χ3n) is 9.28. The van der Waals surface area contributed by atoms with Crippen molar-refractivity contribution in [3.63, 3.8) is 0 Å². The van der Waals surface area contributed by atoms with Gasteiger partial charge in [0.25, 0.3) is 0 Å². The number of unbranched alkanes of at least 4 members (excludes halogenated alkanes) is 24. The van der Waals surface area contributed by atoms with Crippen molar-refractivity contribution in [2.45, 2.75) is 219 Å². The minimum Gasteiger partial charge on any atom is -0.394 e. The van der Waals surface area contributed by atoms with Crippen LogP contribution in [-0.4, -0.2) is 34.9 Å². The highest BCUT2D eigenvalue weighted by Gasteiger charge is 2.17. The molecule has 2 atom stereocenters. The number of rotatable bonds is 37. The largest absolute Gasteiger partial charge is 0.394 e. The van der Waals surface area contributed by atoms with E-state index in [9.17, 15) is 15.0 Å². The van der Waals surface area contributed by atoms with Crippen LogP contribution in [0.25, 0.3) is 0 Å². The van der Waals surface area contributed by atoms with E-state index in [1.54, 1.807) is 6.08 Å². The fourth-order valence-corrected chi connectivity index (χ4v) is 6.05. The van der Waals surface area contributed by atoms with Gasteiger partial charge in [-0.1, -0.05) is 184 Å². The van der Waals surface area contributed by atoms with Gasteiger partial charge in [0.05, 0.1) is 18.8 Å². The van der Waals surface area contributed by atoms with Crippen LogP contribution >= 0.6 is 0 Å². The van der Waals surface area contributed by atoms with E-state index >= 15 is 0 Å². The molecule has 2 unspecified atom stereocenters. The van der Waals surface area contributed by atoms with Crippen LogP contribution in [0.3, 0.4) is 0 Å². The van der Waals surface area contributed by atoms with Crippen molar-refractivity contribution < 1.29 is 15.0 Å². The molecule has 0 rings (SSSR count). The number of nitrogens with one attached hydrogen (secondary N) is 1. The number of carbonyl (C=O) groups is 1. The van der Waals surface area contributed by atoms with Gasteiger partial charge in [-0.25, -0.2) is 0 Å². The fraction of sp³-hybridized carbons (Fsp3) is 0.795. The number of hydrogen-bond acceptors (Lipinski definition) is 3. The molecule has 0 aromatic rings. The van der Waals surface area contributed by atoms with Crippen molar-refractivity contribution in [2.24, 2.45) is 0 Å². The second kappa shape index (κ2) is 39.8. The van der Waals surface area contributed by atoms with Crippen molar-refractivity contribution in [2.75, 3.05) is 6.61 Å². The molecule has 0 aromatic carbocycles. The van der Waals surface area contributed by atoms with Gasteiger partial charge in [0.1, 0.15) is 0 Å². The number of aliphatic hydroxyl groups is 2. The zero-order chi connectivity index (χ0) is 35.0. The van der Waals surface area contributed by atoms with Crippen molar-refractivity contribution >= 4 is 5.91 Å². The molecular weight excluding hydrogens is 590 g/mol. The van der Waals surface area contributed by atoms with E-state index in [1.807, 2.05) is 6.08 Å². The highest BCUT2D eigenvalue weighted by atomic mass is 16.3. The molecule has 48 heavy (non-hydrogen) atoms. The van der Waals surface area contributed by atoms with Gasteiger partial charge in [0, 0.05) is 6.42 Å². The van der Waals surface area contributed by atoms with E-state index < -0.39 is 12.1 Å². The third-order valence-corrected chi connectivity index (χ3v) is 9.28. The summed E-state index contributed by atoms with van der Waals surface area (Å²) in [6.07, 6.45) is 53.5. The van der Waals surface area contributed by atoms with Crippen LogP contribution < -0.4 is 5.32 Å². The number of hydrogen-bond donors (Lipinski definition) is 3. The summed E-state index contributed by atoms with van der Waals surface area (Å²) in [7, 11) is 0. The summed E-state index contributed by atoms with van der Waals surface area (Å²) in [5, 5.41) is 22.9. The van der Waals surface area contributed by atoms with Crippen molar-refractivity contribution in [3.05, 3.63) is 48.6 Å². The molecule has 0 aliphatic carbocycles. The Bertz CT molecular complexity index is 771. The summed E-state index contributed by atoms with van der Waals surface area (Å²) in [6.45, 7) is 4.27. The van der Waals surface area contributed by atoms with Crippen molar-refractivity contribution in [1.82, 2.24) is 5.32 Å². The lowest BCUT2D eigenvalue weighted by atomic mass is 10.0. The first-order valence-corrected chi connectivity index (χ1v) is 20.9. The average molecular weight is 672 g/mol. The number of allylic oxidation sites excluding steroid dienone is 7. The van der Waals surface area contributed by atoms with E-state index in [2.05, 4.69) is 55.6 Å². The Morgan fingerprint density at radius 1 is 0.500 bits per heavy atom. The lowest BCUT2D eigenvalue weighted by Crippen LogP contribution is -2.45. The Labute approximate surface area is 299 Å². The topological polar surface area (TPSA) is 69.6 Å². The Morgan fingerprint density at radius 3 is 1.38 bits per heavy atom. The van der Waals surface area contributed by atoms with Gasteiger partial charge < -0.3 is 15.5 Å².